The van der Waals surface area contributed by atoms with Crippen LogP contribution >= 0.6 is 0 Å². The molecule has 6 aliphatic rings. The van der Waals surface area contributed by atoms with Crippen LogP contribution in [0.3, 0.4) is 0 Å². The Labute approximate surface area is 318 Å². The molecule has 10 heteroatoms. The van der Waals surface area contributed by atoms with Gasteiger partial charge in [0.15, 0.2) is 0 Å². The van der Waals surface area contributed by atoms with Gasteiger partial charge in [0, 0.05) is 22.4 Å². The number of aromatic nitrogens is 3. The Hall–Kier alpha value is -2.30. The average Bonchev–Trinajstić information content (AvgIpc) is 3.77. The largest absolute Gasteiger partial charge is 0.481 e. The molecule has 3 N–H and O–H groups in total. The van der Waals surface area contributed by atoms with Crippen LogP contribution in [-0.4, -0.2) is 76.3 Å². The Morgan fingerprint density at radius 2 is 1.77 bits per heavy atom. The van der Waals surface area contributed by atoms with Crippen molar-refractivity contribution in [3.63, 3.8) is 0 Å². The van der Waals surface area contributed by atoms with Crippen LogP contribution in [0.1, 0.15) is 137 Å². The Kier molecular flexibility index (Phi) is 9.66. The highest BCUT2D eigenvalue weighted by Crippen LogP contribution is 2.75. The molecule has 5 fully saturated rings. The summed E-state index contributed by atoms with van der Waals surface area (Å²) in [6.07, 6.45) is 11.6. The standard InChI is InChI=1S/C43H69N5O5/c1-25(2)27(5)38(6)18-19-40(8)29-14-15-32-39(7)21-52-23-43(32,30(29)16-17-41(40,9)33(38)37(50)51)20-31(34(39)53-22-42(10,44-11)26(3)4)48-24-45-35(47-48)36(49)46-28-12-13-28/h16,24-29,31-34,44H,12-15,17-23H2,1-11H3,(H,46,49)(H,50,51)/t27-,29+,31-,32+,33-,34+,38-,39+,40-,41+,42+,43?/m1/s1. The molecule has 10 nitrogen and oxygen atoms in total. The summed E-state index contributed by atoms with van der Waals surface area (Å²) in [6.45, 7) is 24.7. The van der Waals surface area contributed by atoms with Gasteiger partial charge in [-0.2, -0.15) is 0 Å². The van der Waals surface area contributed by atoms with E-state index < -0.39 is 11.9 Å². The highest BCUT2D eigenvalue weighted by molar-refractivity contribution is 5.90. The SMILES string of the molecule is CN[C@@](C)(CO[C@H]1[C@H](n2cnc(C(=O)NC3CC3)n2)CC23COC[C@@]1(C)[C@@H]2CC[C@H]1C3=CC[C@@]2(C)[C@H](C(=O)O)[C@@](C)([C@H](C)C(C)C)CC[C@]12C)C(C)C. The summed E-state index contributed by atoms with van der Waals surface area (Å²) in [7, 11) is 2.01. The molecule has 0 radical (unpaired) electrons. The van der Waals surface area contributed by atoms with Gasteiger partial charge in [0.2, 0.25) is 5.82 Å². The molecule has 53 heavy (non-hydrogen) atoms. The van der Waals surface area contributed by atoms with E-state index in [4.69, 9.17) is 14.6 Å². The number of fused-ring (bicyclic) bond motifs is 3. The van der Waals surface area contributed by atoms with Crippen molar-refractivity contribution < 1.29 is 24.2 Å². The molecular formula is C43H69N5O5. The maximum atomic E-state index is 13.5. The van der Waals surface area contributed by atoms with Crippen molar-refractivity contribution in [2.75, 3.05) is 26.9 Å². The lowest BCUT2D eigenvalue weighted by atomic mass is 9.34. The zero-order valence-corrected chi connectivity index (χ0v) is 34.6. The number of nitrogens with one attached hydrogen (secondary N) is 2. The minimum atomic E-state index is -0.633. The average molecular weight is 736 g/mol. The number of carbonyl (C=O) groups is 2. The van der Waals surface area contributed by atoms with Crippen molar-refractivity contribution in [3.05, 3.63) is 23.8 Å². The number of carboxylic acid groups (broad SMARTS) is 1. The number of rotatable bonds is 11. The summed E-state index contributed by atoms with van der Waals surface area (Å²) in [4.78, 5) is 31.3. The first-order chi connectivity index (χ1) is 24.8. The van der Waals surface area contributed by atoms with Crippen LogP contribution in [0.5, 0.6) is 0 Å². The van der Waals surface area contributed by atoms with Crippen molar-refractivity contribution >= 4 is 11.9 Å². The molecule has 0 spiro atoms. The van der Waals surface area contributed by atoms with E-state index in [1.54, 1.807) is 6.33 Å². The van der Waals surface area contributed by atoms with Gasteiger partial charge in [-0.1, -0.05) is 74.0 Å². The van der Waals surface area contributed by atoms with Crippen LogP contribution in [0.25, 0.3) is 0 Å². The van der Waals surface area contributed by atoms with Crippen LogP contribution in [0.2, 0.25) is 0 Å². The quantitative estimate of drug-likeness (QED) is 0.202. The number of aliphatic carboxylic acids is 1. The van der Waals surface area contributed by atoms with E-state index in [0.29, 0.717) is 43.5 Å². The van der Waals surface area contributed by atoms with E-state index in [1.165, 1.54) is 5.57 Å². The lowest BCUT2D eigenvalue weighted by Gasteiger charge is -2.71. The molecule has 1 saturated heterocycles. The Morgan fingerprint density at radius 1 is 1.06 bits per heavy atom. The fraction of sp³-hybridized carbons (Fsp3) is 0.860. The smallest absolute Gasteiger partial charge is 0.307 e. The summed E-state index contributed by atoms with van der Waals surface area (Å²) in [5.41, 5.74) is -0.131. The highest BCUT2D eigenvalue weighted by Gasteiger charge is 2.72. The maximum Gasteiger partial charge on any atom is 0.307 e. The molecule has 1 aliphatic heterocycles. The number of carboxylic acids is 1. The van der Waals surface area contributed by atoms with Crippen LogP contribution < -0.4 is 10.6 Å². The summed E-state index contributed by atoms with van der Waals surface area (Å²) in [5, 5.41) is 22.6. The lowest BCUT2D eigenvalue weighted by Crippen LogP contribution is -2.69. The molecule has 5 aliphatic carbocycles. The van der Waals surface area contributed by atoms with E-state index >= 15 is 0 Å². The fourth-order valence-electron chi connectivity index (χ4n) is 12.9. The second-order valence-electron chi connectivity index (χ2n) is 20.5. The van der Waals surface area contributed by atoms with Crippen LogP contribution in [0.15, 0.2) is 18.0 Å². The Morgan fingerprint density at radius 3 is 2.40 bits per heavy atom. The molecular weight excluding hydrogens is 667 g/mol. The highest BCUT2D eigenvalue weighted by atomic mass is 16.5. The third kappa shape index (κ3) is 5.71. The van der Waals surface area contributed by atoms with Crippen molar-refractivity contribution in [1.82, 2.24) is 25.4 Å². The number of ether oxygens (including phenoxy) is 2. The molecule has 1 amide bonds. The van der Waals surface area contributed by atoms with Gasteiger partial charge in [0.1, 0.15) is 6.33 Å². The first-order valence-electron chi connectivity index (χ1n) is 20.8. The number of likely N-dealkylation sites (N-methyl/N-ethyl adjacent to an activating group) is 1. The molecule has 296 valence electrons. The summed E-state index contributed by atoms with van der Waals surface area (Å²) < 4.78 is 15.9. The van der Waals surface area contributed by atoms with Crippen molar-refractivity contribution in [1.29, 1.82) is 0 Å². The predicted molar refractivity (Wildman–Crippen MR) is 205 cm³/mol. The Bertz CT molecular complexity index is 1620. The number of allylic oxidation sites excluding steroid dienone is 1. The van der Waals surface area contributed by atoms with Crippen LogP contribution in [-0.2, 0) is 14.3 Å². The second-order valence-corrected chi connectivity index (χ2v) is 20.5. The minimum absolute atomic E-state index is 0.155. The normalized spacial score (nSPS) is 42.5. The van der Waals surface area contributed by atoms with Crippen molar-refractivity contribution in [2.45, 2.75) is 144 Å². The van der Waals surface area contributed by atoms with Gasteiger partial charge in [-0.15, -0.1) is 5.10 Å². The second kappa shape index (κ2) is 13.1. The van der Waals surface area contributed by atoms with Crippen LogP contribution in [0.4, 0.5) is 0 Å². The monoisotopic (exact) mass is 736 g/mol. The first-order valence-corrected chi connectivity index (χ1v) is 20.8. The van der Waals surface area contributed by atoms with Gasteiger partial charge in [0.25, 0.3) is 5.91 Å². The third-order valence-corrected chi connectivity index (χ3v) is 17.5. The van der Waals surface area contributed by atoms with Gasteiger partial charge in [-0.25, -0.2) is 9.67 Å². The van der Waals surface area contributed by atoms with E-state index in [0.717, 1.165) is 51.4 Å². The lowest BCUT2D eigenvalue weighted by molar-refractivity contribution is -0.253. The summed E-state index contributed by atoms with van der Waals surface area (Å²) in [6, 6.07) is 0.0689. The topological polar surface area (TPSA) is 128 Å². The molecule has 1 aromatic heterocycles. The molecule has 7 rings (SSSR count). The van der Waals surface area contributed by atoms with Crippen molar-refractivity contribution in [2.24, 2.45) is 62.6 Å². The number of hydrogen-bond acceptors (Lipinski definition) is 7. The van der Waals surface area contributed by atoms with Crippen LogP contribution in [0, 0.1) is 62.6 Å². The van der Waals surface area contributed by atoms with E-state index in [9.17, 15) is 14.7 Å². The maximum absolute atomic E-state index is 13.5. The van der Waals surface area contributed by atoms with Gasteiger partial charge < -0.3 is 25.2 Å². The number of nitrogens with zero attached hydrogens (tertiary/aromatic N) is 3. The Balaban J connectivity index is 1.31. The summed E-state index contributed by atoms with van der Waals surface area (Å²) >= 11 is 0. The third-order valence-electron chi connectivity index (χ3n) is 17.5. The number of amides is 1. The van der Waals surface area contributed by atoms with Gasteiger partial charge in [-0.3, -0.25) is 9.59 Å². The van der Waals surface area contributed by atoms with Crippen molar-refractivity contribution in [3.8, 4) is 0 Å². The summed E-state index contributed by atoms with van der Waals surface area (Å²) in [5.74, 6) is 0.608. The zero-order valence-electron chi connectivity index (χ0n) is 34.6. The first kappa shape index (κ1) is 39.0. The molecule has 1 aromatic rings. The number of carbonyl (C=O) groups excluding carboxylic acids is 1. The molecule has 4 saturated carbocycles. The molecule has 2 heterocycles. The number of hydrogen-bond donors (Lipinski definition) is 3. The molecule has 12 atom stereocenters. The molecule has 0 aromatic carbocycles. The minimum Gasteiger partial charge on any atom is -0.481 e. The van der Waals surface area contributed by atoms with Gasteiger partial charge in [-0.05, 0) is 111 Å². The van der Waals surface area contributed by atoms with Gasteiger partial charge >= 0.3 is 5.97 Å². The molecule has 2 bridgehead atoms. The van der Waals surface area contributed by atoms with E-state index in [2.05, 4.69) is 90.9 Å². The van der Waals surface area contributed by atoms with Gasteiger partial charge in [0.05, 0.1) is 37.9 Å². The van der Waals surface area contributed by atoms with E-state index in [1.807, 2.05) is 11.7 Å². The zero-order chi connectivity index (χ0) is 38.5. The fourth-order valence-corrected chi connectivity index (χ4v) is 12.9. The molecule has 1 unspecified atom stereocenters. The predicted octanol–water partition coefficient (Wildman–Crippen LogP) is 7.32. The van der Waals surface area contributed by atoms with E-state index in [-0.39, 0.29) is 68.5 Å².